The van der Waals surface area contributed by atoms with Crippen LogP contribution in [0.3, 0.4) is 0 Å². The van der Waals surface area contributed by atoms with E-state index in [9.17, 15) is 0 Å². The fourth-order valence-corrected chi connectivity index (χ4v) is 2.71. The van der Waals surface area contributed by atoms with Crippen LogP contribution in [0.25, 0.3) is 10.4 Å². The summed E-state index contributed by atoms with van der Waals surface area (Å²) in [6.45, 7) is 5.17. The SMILES string of the molecule is CCCNc1nc(C)c(-c2ccc(OC)cc2)s1. The Morgan fingerprint density at radius 2 is 2.00 bits per heavy atom. The van der Waals surface area contributed by atoms with Crippen molar-refractivity contribution in [3.05, 3.63) is 30.0 Å². The lowest BCUT2D eigenvalue weighted by Gasteiger charge is -2.01. The molecule has 0 atom stereocenters. The lowest BCUT2D eigenvalue weighted by Crippen LogP contribution is -1.98. The number of benzene rings is 1. The van der Waals surface area contributed by atoms with E-state index in [4.69, 9.17) is 4.74 Å². The van der Waals surface area contributed by atoms with Gasteiger partial charge in [0.05, 0.1) is 17.7 Å². The number of hydrogen-bond acceptors (Lipinski definition) is 4. The Kier molecular flexibility index (Phi) is 4.20. The molecule has 1 aromatic carbocycles. The van der Waals surface area contributed by atoms with Crippen molar-refractivity contribution in [1.29, 1.82) is 0 Å². The Morgan fingerprint density at radius 1 is 1.28 bits per heavy atom. The van der Waals surface area contributed by atoms with Crippen molar-refractivity contribution in [2.75, 3.05) is 19.0 Å². The fourth-order valence-electron chi connectivity index (χ4n) is 1.71. The van der Waals surface area contributed by atoms with E-state index in [1.807, 2.05) is 19.1 Å². The average Bonchev–Trinajstić information content (AvgIpc) is 2.78. The van der Waals surface area contributed by atoms with Crippen LogP contribution in [0.4, 0.5) is 5.13 Å². The lowest BCUT2D eigenvalue weighted by molar-refractivity contribution is 0.415. The molecule has 1 aromatic heterocycles. The van der Waals surface area contributed by atoms with Gasteiger partial charge in [0, 0.05) is 6.54 Å². The second-order valence-corrected chi connectivity index (χ2v) is 5.09. The highest BCUT2D eigenvalue weighted by Gasteiger charge is 2.09. The zero-order valence-corrected chi connectivity index (χ0v) is 11.8. The molecule has 0 aliphatic rings. The van der Waals surface area contributed by atoms with E-state index in [0.29, 0.717) is 0 Å². The third-order valence-corrected chi connectivity index (χ3v) is 3.84. The summed E-state index contributed by atoms with van der Waals surface area (Å²) in [7, 11) is 1.68. The van der Waals surface area contributed by atoms with Crippen LogP contribution in [-0.4, -0.2) is 18.6 Å². The van der Waals surface area contributed by atoms with Crippen LogP contribution < -0.4 is 10.1 Å². The second-order valence-electron chi connectivity index (χ2n) is 4.09. The maximum absolute atomic E-state index is 5.17. The first-order valence-electron chi connectivity index (χ1n) is 6.10. The van der Waals surface area contributed by atoms with Gasteiger partial charge >= 0.3 is 0 Å². The standard InChI is InChI=1S/C14H18N2OS/c1-4-9-15-14-16-10(2)13(18-14)11-5-7-12(17-3)8-6-11/h5-8H,4,9H2,1-3H3,(H,15,16). The average molecular weight is 262 g/mol. The van der Waals surface area contributed by atoms with Crippen molar-refractivity contribution in [2.45, 2.75) is 20.3 Å². The first-order chi connectivity index (χ1) is 8.74. The quantitative estimate of drug-likeness (QED) is 0.886. The van der Waals surface area contributed by atoms with Crippen molar-refractivity contribution in [3.63, 3.8) is 0 Å². The third kappa shape index (κ3) is 2.82. The first-order valence-corrected chi connectivity index (χ1v) is 6.92. The van der Waals surface area contributed by atoms with Crippen LogP contribution in [0.2, 0.25) is 0 Å². The van der Waals surface area contributed by atoms with Gasteiger partial charge in [-0.1, -0.05) is 18.3 Å². The van der Waals surface area contributed by atoms with Gasteiger partial charge in [-0.3, -0.25) is 0 Å². The highest BCUT2D eigenvalue weighted by molar-refractivity contribution is 7.19. The van der Waals surface area contributed by atoms with E-state index < -0.39 is 0 Å². The minimum absolute atomic E-state index is 0.880. The molecule has 0 amide bonds. The monoisotopic (exact) mass is 262 g/mol. The molecular formula is C14H18N2OS. The number of aromatic nitrogens is 1. The van der Waals surface area contributed by atoms with Gasteiger partial charge in [-0.25, -0.2) is 4.98 Å². The molecule has 2 rings (SSSR count). The number of rotatable bonds is 5. The van der Waals surface area contributed by atoms with Gasteiger partial charge in [-0.15, -0.1) is 0 Å². The molecule has 0 saturated carbocycles. The van der Waals surface area contributed by atoms with Crippen molar-refractivity contribution >= 4 is 16.5 Å². The zero-order chi connectivity index (χ0) is 13.0. The summed E-state index contributed by atoms with van der Waals surface area (Å²) in [6, 6.07) is 8.10. The maximum atomic E-state index is 5.17. The molecule has 0 fully saturated rings. The second kappa shape index (κ2) is 5.87. The molecule has 3 nitrogen and oxygen atoms in total. The number of ether oxygens (including phenoxy) is 1. The Balaban J connectivity index is 2.23. The summed E-state index contributed by atoms with van der Waals surface area (Å²) >= 11 is 1.70. The highest BCUT2D eigenvalue weighted by Crippen LogP contribution is 2.33. The summed E-state index contributed by atoms with van der Waals surface area (Å²) in [6.07, 6.45) is 1.11. The molecule has 0 saturated heterocycles. The minimum atomic E-state index is 0.880. The van der Waals surface area contributed by atoms with Gasteiger partial charge in [-0.05, 0) is 43.2 Å². The number of hydrogen-bond donors (Lipinski definition) is 1. The molecule has 96 valence electrons. The van der Waals surface area contributed by atoms with E-state index in [2.05, 4.69) is 29.4 Å². The van der Waals surface area contributed by atoms with Crippen LogP contribution in [0.1, 0.15) is 19.0 Å². The van der Waals surface area contributed by atoms with Crippen LogP contribution in [-0.2, 0) is 0 Å². The smallest absolute Gasteiger partial charge is 0.183 e. The van der Waals surface area contributed by atoms with E-state index in [1.54, 1.807) is 18.4 Å². The molecule has 0 spiro atoms. The van der Waals surface area contributed by atoms with Gasteiger partial charge in [0.15, 0.2) is 5.13 Å². The number of nitrogens with one attached hydrogen (secondary N) is 1. The molecule has 4 heteroatoms. The van der Waals surface area contributed by atoms with Crippen molar-refractivity contribution in [1.82, 2.24) is 4.98 Å². The van der Waals surface area contributed by atoms with E-state index in [0.717, 1.165) is 29.5 Å². The van der Waals surface area contributed by atoms with Gasteiger partial charge in [0.2, 0.25) is 0 Å². The Morgan fingerprint density at radius 3 is 2.61 bits per heavy atom. The first kappa shape index (κ1) is 12.9. The largest absolute Gasteiger partial charge is 0.497 e. The van der Waals surface area contributed by atoms with Crippen molar-refractivity contribution in [3.8, 4) is 16.2 Å². The molecule has 1 N–H and O–H groups in total. The van der Waals surface area contributed by atoms with Crippen molar-refractivity contribution in [2.24, 2.45) is 0 Å². The molecule has 0 aliphatic heterocycles. The van der Waals surface area contributed by atoms with Gasteiger partial charge in [-0.2, -0.15) is 0 Å². The molecule has 1 heterocycles. The van der Waals surface area contributed by atoms with Gasteiger partial charge in [0.25, 0.3) is 0 Å². The van der Waals surface area contributed by atoms with Crippen LogP contribution in [0.5, 0.6) is 5.75 Å². The number of anilines is 1. The predicted octanol–water partition coefficient (Wildman–Crippen LogP) is 3.95. The molecule has 0 radical (unpaired) electrons. The molecular weight excluding hydrogens is 244 g/mol. The summed E-state index contributed by atoms with van der Waals surface area (Å²) in [5.74, 6) is 0.880. The topological polar surface area (TPSA) is 34.2 Å². The summed E-state index contributed by atoms with van der Waals surface area (Å²) < 4.78 is 5.17. The highest BCUT2D eigenvalue weighted by atomic mass is 32.1. The summed E-state index contributed by atoms with van der Waals surface area (Å²) in [4.78, 5) is 5.76. The van der Waals surface area contributed by atoms with E-state index in [-0.39, 0.29) is 0 Å². The molecule has 0 bridgehead atoms. The minimum Gasteiger partial charge on any atom is -0.497 e. The third-order valence-electron chi connectivity index (χ3n) is 2.68. The van der Waals surface area contributed by atoms with E-state index >= 15 is 0 Å². The van der Waals surface area contributed by atoms with Gasteiger partial charge in [0.1, 0.15) is 5.75 Å². The Hall–Kier alpha value is -1.55. The van der Waals surface area contributed by atoms with Crippen LogP contribution >= 0.6 is 11.3 Å². The molecule has 0 aliphatic carbocycles. The summed E-state index contributed by atoms with van der Waals surface area (Å²) in [5, 5.41) is 4.33. The molecule has 0 unspecified atom stereocenters. The number of nitrogens with zero attached hydrogens (tertiary/aromatic N) is 1. The fraction of sp³-hybridized carbons (Fsp3) is 0.357. The molecule has 18 heavy (non-hydrogen) atoms. The predicted molar refractivity (Wildman–Crippen MR) is 77.6 cm³/mol. The lowest BCUT2D eigenvalue weighted by atomic mass is 10.1. The number of thiazole rings is 1. The van der Waals surface area contributed by atoms with Crippen LogP contribution in [0, 0.1) is 6.92 Å². The zero-order valence-electron chi connectivity index (χ0n) is 11.0. The summed E-state index contributed by atoms with van der Waals surface area (Å²) in [5.41, 5.74) is 2.26. The Labute approximate surface area is 112 Å². The van der Waals surface area contributed by atoms with Crippen molar-refractivity contribution < 1.29 is 4.74 Å². The number of methoxy groups -OCH3 is 1. The number of aryl methyl sites for hydroxylation is 1. The normalized spacial score (nSPS) is 10.4. The Bertz CT molecular complexity index is 505. The van der Waals surface area contributed by atoms with E-state index in [1.165, 1.54) is 10.4 Å². The van der Waals surface area contributed by atoms with Gasteiger partial charge < -0.3 is 10.1 Å². The molecule has 2 aromatic rings. The van der Waals surface area contributed by atoms with Crippen LogP contribution in [0.15, 0.2) is 24.3 Å². The maximum Gasteiger partial charge on any atom is 0.183 e.